The molecule has 0 bridgehead atoms. The van der Waals surface area contributed by atoms with E-state index in [1.807, 2.05) is 0 Å². The van der Waals surface area contributed by atoms with Crippen molar-refractivity contribution in [3.05, 3.63) is 42.4 Å². The first-order valence-electron chi connectivity index (χ1n) is 9.71. The van der Waals surface area contributed by atoms with Crippen molar-refractivity contribution < 1.29 is 27.2 Å². The van der Waals surface area contributed by atoms with E-state index < -0.39 is 15.9 Å². The fraction of sp³-hybridized carbons (Fsp3) is 0.400. The van der Waals surface area contributed by atoms with Crippen LogP contribution in [0.4, 0.5) is 5.69 Å². The van der Waals surface area contributed by atoms with Crippen LogP contribution in [0.15, 0.2) is 45.9 Å². The highest BCUT2D eigenvalue weighted by atomic mass is 32.2. The molecule has 30 heavy (non-hydrogen) atoms. The number of piperidine rings is 1. The van der Waals surface area contributed by atoms with Gasteiger partial charge in [-0.25, -0.2) is 8.42 Å². The van der Waals surface area contributed by atoms with Gasteiger partial charge in [0, 0.05) is 31.7 Å². The van der Waals surface area contributed by atoms with Crippen LogP contribution < -0.4 is 15.4 Å². The summed E-state index contributed by atoms with van der Waals surface area (Å²) in [6.45, 7) is 1.05. The molecule has 10 heteroatoms. The number of carbonyl (C=O) groups is 2. The van der Waals surface area contributed by atoms with Crippen LogP contribution in [-0.2, 0) is 14.8 Å². The number of sulfonamides is 1. The molecule has 9 nitrogen and oxygen atoms in total. The third-order valence-electron chi connectivity index (χ3n) is 4.76. The summed E-state index contributed by atoms with van der Waals surface area (Å²) in [5.41, 5.74) is 0.341. The van der Waals surface area contributed by atoms with Crippen molar-refractivity contribution in [3.63, 3.8) is 0 Å². The number of ether oxygens (including phenoxy) is 1. The summed E-state index contributed by atoms with van der Waals surface area (Å²) in [7, 11) is -2.32. The standard InChI is InChI=1S/C20H25N3O6S/c1-28-16-8-7-15(14-18(16)30(26,27)23-11-3-2-4-12-23)22-19(24)9-10-21-20(25)17-6-5-13-29-17/h5-8,13-14H,2-4,9-12H2,1H3,(H,21,25)(H,22,24). The maximum atomic E-state index is 13.0. The van der Waals surface area contributed by atoms with E-state index in [4.69, 9.17) is 9.15 Å². The largest absolute Gasteiger partial charge is 0.495 e. The predicted molar refractivity (Wildman–Crippen MR) is 110 cm³/mol. The van der Waals surface area contributed by atoms with Crippen LogP contribution in [-0.4, -0.2) is 51.3 Å². The molecule has 1 aliphatic heterocycles. The molecule has 1 aromatic carbocycles. The smallest absolute Gasteiger partial charge is 0.286 e. The molecule has 0 saturated carbocycles. The first-order valence-corrected chi connectivity index (χ1v) is 11.2. The quantitative estimate of drug-likeness (QED) is 0.656. The molecule has 0 radical (unpaired) electrons. The second-order valence-corrected chi connectivity index (χ2v) is 8.77. The molecule has 0 spiro atoms. The van der Waals surface area contributed by atoms with Gasteiger partial charge in [-0.1, -0.05) is 6.42 Å². The lowest BCUT2D eigenvalue weighted by atomic mass is 10.2. The normalized spacial score (nSPS) is 14.8. The molecule has 0 atom stereocenters. The van der Waals surface area contributed by atoms with E-state index >= 15 is 0 Å². The minimum absolute atomic E-state index is 0.0205. The van der Waals surface area contributed by atoms with Gasteiger partial charge in [-0.3, -0.25) is 9.59 Å². The van der Waals surface area contributed by atoms with Gasteiger partial charge in [-0.05, 0) is 43.2 Å². The van der Waals surface area contributed by atoms with Crippen molar-refractivity contribution in [1.82, 2.24) is 9.62 Å². The van der Waals surface area contributed by atoms with Crippen molar-refractivity contribution >= 4 is 27.5 Å². The summed E-state index contributed by atoms with van der Waals surface area (Å²) < 4.78 is 37.7. The number of carbonyl (C=O) groups excluding carboxylic acids is 2. The average Bonchev–Trinajstić information content (AvgIpc) is 3.29. The highest BCUT2D eigenvalue weighted by Gasteiger charge is 2.29. The lowest BCUT2D eigenvalue weighted by Crippen LogP contribution is -2.35. The van der Waals surface area contributed by atoms with Crippen molar-refractivity contribution in [2.24, 2.45) is 0 Å². The van der Waals surface area contributed by atoms with E-state index in [-0.39, 0.29) is 35.3 Å². The summed E-state index contributed by atoms with van der Waals surface area (Å²) in [5, 5.41) is 5.25. The van der Waals surface area contributed by atoms with Crippen LogP contribution in [0.2, 0.25) is 0 Å². The number of furan rings is 1. The zero-order chi connectivity index (χ0) is 21.6. The van der Waals surface area contributed by atoms with E-state index in [9.17, 15) is 18.0 Å². The maximum absolute atomic E-state index is 13.0. The van der Waals surface area contributed by atoms with Crippen molar-refractivity contribution in [3.8, 4) is 5.75 Å². The van der Waals surface area contributed by atoms with Gasteiger partial charge < -0.3 is 19.8 Å². The van der Waals surface area contributed by atoms with Gasteiger partial charge in [0.25, 0.3) is 5.91 Å². The summed E-state index contributed by atoms with van der Waals surface area (Å²) in [4.78, 5) is 24.0. The number of anilines is 1. The summed E-state index contributed by atoms with van der Waals surface area (Å²) in [6.07, 6.45) is 4.06. The molecule has 1 aliphatic rings. The Balaban J connectivity index is 1.64. The van der Waals surface area contributed by atoms with Crippen molar-refractivity contribution in [1.29, 1.82) is 0 Å². The van der Waals surface area contributed by atoms with Gasteiger partial charge in [-0.15, -0.1) is 0 Å². The van der Waals surface area contributed by atoms with Gasteiger partial charge >= 0.3 is 0 Å². The second kappa shape index (κ2) is 9.77. The topological polar surface area (TPSA) is 118 Å². The van der Waals surface area contributed by atoms with Crippen LogP contribution in [0.5, 0.6) is 5.75 Å². The zero-order valence-corrected chi connectivity index (χ0v) is 17.5. The van der Waals surface area contributed by atoms with E-state index in [1.165, 1.54) is 35.9 Å². The summed E-state index contributed by atoms with van der Waals surface area (Å²) in [5.74, 6) is -0.379. The summed E-state index contributed by atoms with van der Waals surface area (Å²) in [6, 6.07) is 7.62. The molecule has 162 valence electrons. The number of hydrogen-bond acceptors (Lipinski definition) is 6. The molecule has 1 fully saturated rings. The Morgan fingerprint density at radius 3 is 2.60 bits per heavy atom. The molecule has 2 heterocycles. The van der Waals surface area contributed by atoms with Crippen LogP contribution in [0.3, 0.4) is 0 Å². The van der Waals surface area contributed by atoms with Gasteiger partial charge in [0.15, 0.2) is 5.76 Å². The van der Waals surface area contributed by atoms with Gasteiger partial charge in [-0.2, -0.15) is 4.31 Å². The number of benzene rings is 1. The Morgan fingerprint density at radius 1 is 1.17 bits per heavy atom. The highest BCUT2D eigenvalue weighted by Crippen LogP contribution is 2.31. The van der Waals surface area contributed by atoms with Crippen LogP contribution >= 0.6 is 0 Å². The van der Waals surface area contributed by atoms with Crippen LogP contribution in [0.25, 0.3) is 0 Å². The minimum Gasteiger partial charge on any atom is -0.495 e. The summed E-state index contributed by atoms with van der Waals surface area (Å²) >= 11 is 0. The number of amides is 2. The first kappa shape index (κ1) is 21.8. The third kappa shape index (κ3) is 5.19. The fourth-order valence-electron chi connectivity index (χ4n) is 3.21. The Bertz CT molecular complexity index is 982. The van der Waals surface area contributed by atoms with E-state index in [1.54, 1.807) is 12.1 Å². The molecule has 1 aromatic heterocycles. The van der Waals surface area contributed by atoms with Crippen molar-refractivity contribution in [2.75, 3.05) is 32.1 Å². The first-order chi connectivity index (χ1) is 14.4. The Morgan fingerprint density at radius 2 is 1.93 bits per heavy atom. The highest BCUT2D eigenvalue weighted by molar-refractivity contribution is 7.89. The molecule has 2 N–H and O–H groups in total. The molecule has 3 rings (SSSR count). The number of nitrogens with zero attached hydrogens (tertiary/aromatic N) is 1. The lowest BCUT2D eigenvalue weighted by Gasteiger charge is -2.26. The molecule has 0 aliphatic carbocycles. The van der Waals surface area contributed by atoms with E-state index in [0.717, 1.165) is 19.3 Å². The molecule has 0 unspecified atom stereocenters. The lowest BCUT2D eigenvalue weighted by molar-refractivity contribution is -0.116. The fourth-order valence-corrected chi connectivity index (χ4v) is 4.91. The number of hydrogen-bond donors (Lipinski definition) is 2. The Hall–Kier alpha value is -2.85. The molecular weight excluding hydrogens is 410 g/mol. The van der Waals surface area contributed by atoms with Crippen LogP contribution in [0, 0.1) is 0 Å². The number of rotatable bonds is 8. The van der Waals surface area contributed by atoms with E-state index in [2.05, 4.69) is 10.6 Å². The Kier molecular flexibility index (Phi) is 7.11. The third-order valence-corrected chi connectivity index (χ3v) is 6.68. The maximum Gasteiger partial charge on any atom is 0.286 e. The van der Waals surface area contributed by atoms with Crippen LogP contribution in [0.1, 0.15) is 36.2 Å². The number of nitrogens with one attached hydrogen (secondary N) is 2. The second-order valence-electron chi connectivity index (χ2n) is 6.86. The number of methoxy groups -OCH3 is 1. The molecule has 2 amide bonds. The van der Waals surface area contributed by atoms with Gasteiger partial charge in [0.2, 0.25) is 15.9 Å². The SMILES string of the molecule is COc1ccc(NC(=O)CCNC(=O)c2ccco2)cc1S(=O)(=O)N1CCCCC1. The molecule has 2 aromatic rings. The molecular formula is C20H25N3O6S. The monoisotopic (exact) mass is 435 g/mol. The molecule has 1 saturated heterocycles. The predicted octanol–water partition coefficient (Wildman–Crippen LogP) is 2.22. The Labute approximate surface area is 175 Å². The van der Waals surface area contributed by atoms with Gasteiger partial charge in [0.05, 0.1) is 13.4 Å². The zero-order valence-electron chi connectivity index (χ0n) is 16.7. The minimum atomic E-state index is -3.73. The van der Waals surface area contributed by atoms with Crippen molar-refractivity contribution in [2.45, 2.75) is 30.6 Å². The van der Waals surface area contributed by atoms with Gasteiger partial charge in [0.1, 0.15) is 10.6 Å². The average molecular weight is 436 g/mol. The van der Waals surface area contributed by atoms with E-state index in [0.29, 0.717) is 18.8 Å².